The zero-order valence-corrected chi connectivity index (χ0v) is 13.2. The molecule has 0 aliphatic rings. The van der Waals surface area contributed by atoms with Gasteiger partial charge in [-0.25, -0.2) is 0 Å². The molecular weight excluding hydrogens is 264 g/mol. The van der Waals surface area contributed by atoms with Crippen LogP contribution in [-0.4, -0.2) is 18.5 Å². The molecule has 4 heteroatoms. The van der Waals surface area contributed by atoms with Crippen LogP contribution >= 0.6 is 0 Å². The first-order chi connectivity index (χ1) is 9.99. The Morgan fingerprint density at radius 1 is 1.24 bits per heavy atom. The summed E-state index contributed by atoms with van der Waals surface area (Å²) in [6, 6.07) is 8.32. The van der Waals surface area contributed by atoms with Crippen LogP contribution in [0.25, 0.3) is 11.0 Å². The van der Waals surface area contributed by atoms with E-state index in [9.17, 15) is 4.79 Å². The van der Waals surface area contributed by atoms with E-state index in [1.54, 1.807) is 0 Å². The van der Waals surface area contributed by atoms with Gasteiger partial charge in [0, 0.05) is 24.4 Å². The number of aryl methyl sites for hydroxylation is 1. The van der Waals surface area contributed by atoms with E-state index in [0.29, 0.717) is 13.0 Å². The number of benzene rings is 1. The number of para-hydroxylation sites is 1. The molecule has 4 nitrogen and oxygen atoms in total. The highest BCUT2D eigenvalue weighted by molar-refractivity contribution is 5.82. The minimum absolute atomic E-state index is 0.0750. The van der Waals surface area contributed by atoms with Crippen LogP contribution in [0.1, 0.15) is 44.6 Å². The Balaban J connectivity index is 1.95. The molecule has 1 heterocycles. The Labute approximate surface area is 125 Å². The molecule has 2 aromatic rings. The Kier molecular flexibility index (Phi) is 5.02. The van der Waals surface area contributed by atoms with Gasteiger partial charge in [0.2, 0.25) is 5.91 Å². The summed E-state index contributed by atoms with van der Waals surface area (Å²) in [5, 5.41) is 7.39. The first-order valence-corrected chi connectivity index (χ1v) is 7.49. The molecule has 2 N–H and O–H groups in total. The van der Waals surface area contributed by atoms with Crippen LogP contribution in [0.4, 0.5) is 0 Å². The van der Waals surface area contributed by atoms with E-state index < -0.39 is 0 Å². The maximum absolute atomic E-state index is 11.6. The third-order valence-electron chi connectivity index (χ3n) is 3.53. The first kappa shape index (κ1) is 15.6. The molecule has 0 fully saturated rings. The number of carbonyl (C=O) groups is 1. The average molecular weight is 288 g/mol. The van der Waals surface area contributed by atoms with Gasteiger partial charge in [-0.15, -0.1) is 0 Å². The number of fused-ring (bicyclic) bond motifs is 1. The van der Waals surface area contributed by atoms with Gasteiger partial charge in [0.1, 0.15) is 11.3 Å². The maximum atomic E-state index is 11.6. The summed E-state index contributed by atoms with van der Waals surface area (Å²) < 4.78 is 5.92. The highest BCUT2D eigenvalue weighted by Gasteiger charge is 2.16. The van der Waals surface area contributed by atoms with Gasteiger partial charge >= 0.3 is 0 Å². The molecule has 0 aliphatic carbocycles. The molecule has 0 spiro atoms. The lowest BCUT2D eigenvalue weighted by Crippen LogP contribution is -2.33. The normalized spacial score (nSPS) is 12.8. The Hall–Kier alpha value is -1.81. The van der Waals surface area contributed by atoms with Crippen molar-refractivity contribution in [3.8, 4) is 0 Å². The fraction of sp³-hybridized carbons (Fsp3) is 0.471. The van der Waals surface area contributed by atoms with E-state index in [0.717, 1.165) is 22.3 Å². The second-order valence-electron chi connectivity index (χ2n) is 5.74. The Morgan fingerprint density at radius 2 is 1.95 bits per heavy atom. The van der Waals surface area contributed by atoms with E-state index in [2.05, 4.69) is 30.5 Å². The summed E-state index contributed by atoms with van der Waals surface area (Å²) >= 11 is 0. The molecule has 2 rings (SSSR count). The maximum Gasteiger partial charge on any atom is 0.221 e. The molecule has 0 radical (unpaired) electrons. The van der Waals surface area contributed by atoms with Crippen LogP contribution in [0.3, 0.4) is 0 Å². The van der Waals surface area contributed by atoms with E-state index in [1.807, 2.05) is 32.0 Å². The molecule has 0 saturated carbocycles. The summed E-state index contributed by atoms with van der Waals surface area (Å²) in [4.78, 5) is 11.6. The van der Waals surface area contributed by atoms with E-state index in [-0.39, 0.29) is 18.0 Å². The SMILES string of the molecule is Cc1c(C(C)NCCC(=O)NC(C)C)oc2ccccc12. The van der Waals surface area contributed by atoms with Gasteiger partial charge in [0.25, 0.3) is 0 Å². The molecule has 21 heavy (non-hydrogen) atoms. The number of hydrogen-bond donors (Lipinski definition) is 2. The average Bonchev–Trinajstić information content (AvgIpc) is 2.76. The van der Waals surface area contributed by atoms with E-state index >= 15 is 0 Å². The van der Waals surface area contributed by atoms with Crippen molar-refractivity contribution in [3.05, 3.63) is 35.6 Å². The third-order valence-corrected chi connectivity index (χ3v) is 3.53. The summed E-state index contributed by atoms with van der Waals surface area (Å²) in [5.74, 6) is 1.02. The summed E-state index contributed by atoms with van der Waals surface area (Å²) in [6.07, 6.45) is 0.474. The van der Waals surface area contributed by atoms with Gasteiger partial charge in [0.05, 0.1) is 6.04 Å². The minimum Gasteiger partial charge on any atom is -0.459 e. The molecule has 0 saturated heterocycles. The van der Waals surface area contributed by atoms with Crippen LogP contribution in [0.15, 0.2) is 28.7 Å². The van der Waals surface area contributed by atoms with Crippen LogP contribution in [0.2, 0.25) is 0 Å². The van der Waals surface area contributed by atoms with Gasteiger partial charge in [-0.1, -0.05) is 18.2 Å². The van der Waals surface area contributed by atoms with Crippen molar-refractivity contribution in [1.82, 2.24) is 10.6 Å². The second-order valence-corrected chi connectivity index (χ2v) is 5.74. The Bertz CT molecular complexity index is 616. The number of hydrogen-bond acceptors (Lipinski definition) is 3. The minimum atomic E-state index is 0.0750. The van der Waals surface area contributed by atoms with E-state index in [1.165, 1.54) is 0 Å². The molecule has 1 atom stereocenters. The number of rotatable bonds is 6. The van der Waals surface area contributed by atoms with Crippen molar-refractivity contribution in [1.29, 1.82) is 0 Å². The van der Waals surface area contributed by atoms with Crippen molar-refractivity contribution in [2.24, 2.45) is 0 Å². The van der Waals surface area contributed by atoms with Crippen molar-refractivity contribution in [2.45, 2.75) is 46.2 Å². The van der Waals surface area contributed by atoms with Crippen molar-refractivity contribution >= 4 is 16.9 Å². The predicted octanol–water partition coefficient (Wildman–Crippen LogP) is 3.31. The van der Waals surface area contributed by atoms with Gasteiger partial charge in [-0.3, -0.25) is 4.79 Å². The van der Waals surface area contributed by atoms with Gasteiger partial charge in [0.15, 0.2) is 0 Å². The molecular formula is C17H24N2O2. The lowest BCUT2D eigenvalue weighted by Gasteiger charge is -2.13. The molecule has 1 aromatic heterocycles. The largest absolute Gasteiger partial charge is 0.459 e. The fourth-order valence-corrected chi connectivity index (χ4v) is 2.50. The first-order valence-electron chi connectivity index (χ1n) is 7.49. The summed E-state index contributed by atoms with van der Waals surface area (Å²) in [5.41, 5.74) is 2.08. The quantitative estimate of drug-likeness (QED) is 0.857. The third kappa shape index (κ3) is 3.85. The van der Waals surface area contributed by atoms with Crippen LogP contribution in [0.5, 0.6) is 0 Å². The lowest BCUT2D eigenvalue weighted by atomic mass is 10.1. The fourth-order valence-electron chi connectivity index (χ4n) is 2.50. The molecule has 1 aromatic carbocycles. The van der Waals surface area contributed by atoms with Crippen molar-refractivity contribution in [2.75, 3.05) is 6.54 Å². The topological polar surface area (TPSA) is 54.3 Å². The highest BCUT2D eigenvalue weighted by Crippen LogP contribution is 2.28. The lowest BCUT2D eigenvalue weighted by molar-refractivity contribution is -0.121. The number of furan rings is 1. The summed E-state index contributed by atoms with van der Waals surface area (Å²) in [6.45, 7) is 8.70. The van der Waals surface area contributed by atoms with Crippen LogP contribution in [0, 0.1) is 6.92 Å². The summed E-state index contributed by atoms with van der Waals surface area (Å²) in [7, 11) is 0. The van der Waals surface area contributed by atoms with Gasteiger partial charge in [-0.2, -0.15) is 0 Å². The monoisotopic (exact) mass is 288 g/mol. The number of nitrogens with one attached hydrogen (secondary N) is 2. The Morgan fingerprint density at radius 3 is 2.62 bits per heavy atom. The molecule has 1 amide bonds. The zero-order valence-electron chi connectivity index (χ0n) is 13.2. The zero-order chi connectivity index (χ0) is 15.4. The van der Waals surface area contributed by atoms with Crippen LogP contribution < -0.4 is 10.6 Å². The van der Waals surface area contributed by atoms with Crippen molar-refractivity contribution < 1.29 is 9.21 Å². The highest BCUT2D eigenvalue weighted by atomic mass is 16.3. The predicted molar refractivity (Wildman–Crippen MR) is 85.3 cm³/mol. The molecule has 114 valence electrons. The number of carbonyl (C=O) groups excluding carboxylic acids is 1. The standard InChI is InChI=1S/C17H24N2O2/c1-11(2)19-16(20)9-10-18-13(4)17-12(3)14-7-5-6-8-15(14)21-17/h5-8,11,13,18H,9-10H2,1-4H3,(H,19,20). The second kappa shape index (κ2) is 6.76. The van der Waals surface area contributed by atoms with Gasteiger partial charge in [-0.05, 0) is 39.3 Å². The van der Waals surface area contributed by atoms with E-state index in [4.69, 9.17) is 4.42 Å². The van der Waals surface area contributed by atoms with Crippen LogP contribution in [-0.2, 0) is 4.79 Å². The molecule has 0 aliphatic heterocycles. The number of amides is 1. The van der Waals surface area contributed by atoms with Gasteiger partial charge < -0.3 is 15.1 Å². The molecule has 1 unspecified atom stereocenters. The molecule has 0 bridgehead atoms. The smallest absolute Gasteiger partial charge is 0.221 e. The van der Waals surface area contributed by atoms with Crippen molar-refractivity contribution in [3.63, 3.8) is 0 Å².